The van der Waals surface area contributed by atoms with Gasteiger partial charge in [-0.2, -0.15) is 0 Å². The van der Waals surface area contributed by atoms with E-state index in [0.29, 0.717) is 28.2 Å². The van der Waals surface area contributed by atoms with Crippen LogP contribution in [-0.4, -0.2) is 39.3 Å². The Kier molecular flexibility index (Phi) is 4.83. The Morgan fingerprint density at radius 2 is 1.56 bits per heavy atom. The third-order valence-corrected chi connectivity index (χ3v) is 4.24. The molecule has 3 rings (SSSR count). The summed E-state index contributed by atoms with van der Waals surface area (Å²) in [6.07, 6.45) is 0. The minimum absolute atomic E-state index is 0.132. The Bertz CT molecular complexity index is 998. The van der Waals surface area contributed by atoms with Crippen molar-refractivity contribution in [3.63, 3.8) is 0 Å². The quantitative estimate of drug-likeness (QED) is 0.636. The number of phenolic OH excluding ortho intramolecular Hbond substituents is 1. The molecule has 8 nitrogen and oxygen atoms in total. The van der Waals surface area contributed by atoms with Crippen LogP contribution in [0.5, 0.6) is 28.7 Å². The van der Waals surface area contributed by atoms with Crippen molar-refractivity contribution < 1.29 is 39.0 Å². The van der Waals surface area contributed by atoms with Gasteiger partial charge in [0.15, 0.2) is 22.8 Å². The summed E-state index contributed by atoms with van der Waals surface area (Å²) in [5, 5.41) is 10.7. The van der Waals surface area contributed by atoms with E-state index in [2.05, 4.69) is 5.73 Å². The average Bonchev–Trinajstić information content (AvgIpc) is 3.03. The molecule has 0 bridgehead atoms. The summed E-state index contributed by atoms with van der Waals surface area (Å²) in [6.45, 7) is 0. The predicted octanol–water partition coefficient (Wildman–Crippen LogP) is 2.28. The number of quaternary nitrogens is 1. The summed E-state index contributed by atoms with van der Waals surface area (Å²) in [5.41, 5.74) is 4.46. The molecule has 4 N–H and O–H groups in total. The number of aromatic hydroxyl groups is 1. The van der Waals surface area contributed by atoms with Gasteiger partial charge in [0.25, 0.3) is 0 Å². The van der Waals surface area contributed by atoms with Crippen molar-refractivity contribution in [1.82, 2.24) is 0 Å². The minimum Gasteiger partial charge on any atom is -0.502 e. The maximum absolute atomic E-state index is 13.2. The predicted molar refractivity (Wildman–Crippen MR) is 96.5 cm³/mol. The molecule has 0 radical (unpaired) electrons. The number of ether oxygens (including phenoxy) is 4. The summed E-state index contributed by atoms with van der Waals surface area (Å²) in [5.74, 6) is 0.902. The second-order valence-corrected chi connectivity index (χ2v) is 5.64. The van der Waals surface area contributed by atoms with Crippen molar-refractivity contribution in [3.05, 3.63) is 35.4 Å². The molecule has 2 aromatic carbocycles. The standard InChI is InChI=1S/C19H19NO7/c1-23-11-6-5-10-14(19(20)27-17(10)16(11)22)15(21)9-7-12(24-2)18(26-4)13(8-9)25-3/h5-8,22H,20H2,1-4H3/p+1. The SMILES string of the molecule is COc1cc(C(=O)c2c([NH3+])oc3c(O)c(OC)ccc23)cc(OC)c1OC. The first-order chi connectivity index (χ1) is 13.0. The third-order valence-electron chi connectivity index (χ3n) is 4.24. The highest BCUT2D eigenvalue weighted by molar-refractivity contribution is 6.19. The van der Waals surface area contributed by atoms with Crippen molar-refractivity contribution in [2.75, 3.05) is 28.4 Å². The zero-order valence-electron chi connectivity index (χ0n) is 15.4. The zero-order chi connectivity index (χ0) is 19.7. The van der Waals surface area contributed by atoms with Gasteiger partial charge in [-0.1, -0.05) is 0 Å². The Morgan fingerprint density at radius 3 is 2.07 bits per heavy atom. The highest BCUT2D eigenvalue weighted by Gasteiger charge is 2.27. The summed E-state index contributed by atoms with van der Waals surface area (Å²) in [4.78, 5) is 13.2. The number of furan rings is 1. The lowest BCUT2D eigenvalue weighted by atomic mass is 10.0. The van der Waals surface area contributed by atoms with E-state index in [0.717, 1.165) is 0 Å². The van der Waals surface area contributed by atoms with E-state index in [-0.39, 0.29) is 34.3 Å². The first-order valence-corrected chi connectivity index (χ1v) is 7.95. The highest BCUT2D eigenvalue weighted by atomic mass is 16.5. The van der Waals surface area contributed by atoms with Crippen LogP contribution >= 0.6 is 0 Å². The summed E-state index contributed by atoms with van der Waals surface area (Å²) >= 11 is 0. The zero-order valence-corrected chi connectivity index (χ0v) is 15.4. The number of carbonyl (C=O) groups excluding carboxylic acids is 1. The smallest absolute Gasteiger partial charge is 0.304 e. The first kappa shape index (κ1) is 18.4. The van der Waals surface area contributed by atoms with E-state index >= 15 is 0 Å². The third kappa shape index (κ3) is 2.89. The van der Waals surface area contributed by atoms with Gasteiger partial charge in [0, 0.05) is 10.9 Å². The van der Waals surface area contributed by atoms with Gasteiger partial charge >= 0.3 is 5.88 Å². The summed E-state index contributed by atoms with van der Waals surface area (Å²) < 4.78 is 26.5. The van der Waals surface area contributed by atoms with Gasteiger partial charge in [0.2, 0.25) is 17.3 Å². The van der Waals surface area contributed by atoms with Gasteiger partial charge in [0.1, 0.15) is 5.56 Å². The lowest BCUT2D eigenvalue weighted by Crippen LogP contribution is -2.41. The Hall–Kier alpha value is -3.39. The maximum atomic E-state index is 13.2. The number of rotatable bonds is 6. The lowest BCUT2D eigenvalue weighted by molar-refractivity contribution is -0.277. The second-order valence-electron chi connectivity index (χ2n) is 5.64. The van der Waals surface area contributed by atoms with Crippen LogP contribution in [0, 0.1) is 0 Å². The highest BCUT2D eigenvalue weighted by Crippen LogP contribution is 2.42. The van der Waals surface area contributed by atoms with E-state index in [4.69, 9.17) is 23.4 Å². The molecule has 0 fully saturated rings. The van der Waals surface area contributed by atoms with Crippen LogP contribution in [0.1, 0.15) is 15.9 Å². The molecule has 142 valence electrons. The number of methoxy groups -OCH3 is 4. The molecule has 3 aromatic rings. The van der Waals surface area contributed by atoms with Gasteiger partial charge in [0.05, 0.1) is 28.4 Å². The fourth-order valence-electron chi connectivity index (χ4n) is 2.95. The fourth-order valence-corrected chi connectivity index (χ4v) is 2.95. The van der Waals surface area contributed by atoms with Crippen LogP contribution in [0.4, 0.5) is 5.88 Å². The monoisotopic (exact) mass is 374 g/mol. The molecular formula is C19H20NO7+. The van der Waals surface area contributed by atoms with Crippen LogP contribution in [0.15, 0.2) is 28.7 Å². The Balaban J connectivity index is 2.19. The van der Waals surface area contributed by atoms with Gasteiger partial charge in [-0.25, -0.2) is 0 Å². The number of carbonyl (C=O) groups is 1. The molecule has 0 amide bonds. The van der Waals surface area contributed by atoms with Crippen molar-refractivity contribution in [1.29, 1.82) is 0 Å². The molecule has 0 aliphatic rings. The van der Waals surface area contributed by atoms with Crippen molar-refractivity contribution in [2.24, 2.45) is 0 Å². The molecule has 0 aliphatic heterocycles. The van der Waals surface area contributed by atoms with E-state index in [1.54, 1.807) is 24.3 Å². The second kappa shape index (κ2) is 7.08. The molecule has 0 spiro atoms. The van der Waals surface area contributed by atoms with Crippen molar-refractivity contribution in [3.8, 4) is 28.7 Å². The van der Waals surface area contributed by atoms with Gasteiger partial charge < -0.3 is 28.5 Å². The Labute approximate surface area is 155 Å². The molecule has 1 aromatic heterocycles. The van der Waals surface area contributed by atoms with Crippen molar-refractivity contribution in [2.45, 2.75) is 0 Å². The molecule has 27 heavy (non-hydrogen) atoms. The molecule has 8 heteroatoms. The summed E-state index contributed by atoms with van der Waals surface area (Å²) in [7, 11) is 5.85. The topological polar surface area (TPSA) is 115 Å². The van der Waals surface area contributed by atoms with E-state index in [9.17, 15) is 9.90 Å². The largest absolute Gasteiger partial charge is 0.502 e. The number of ketones is 1. The van der Waals surface area contributed by atoms with E-state index in [1.165, 1.54) is 28.4 Å². The van der Waals surface area contributed by atoms with Crippen LogP contribution in [-0.2, 0) is 0 Å². The number of benzene rings is 2. The number of fused-ring (bicyclic) bond motifs is 1. The normalized spacial score (nSPS) is 10.7. The molecule has 0 saturated carbocycles. The van der Waals surface area contributed by atoms with Crippen LogP contribution in [0.25, 0.3) is 11.0 Å². The molecule has 0 aliphatic carbocycles. The van der Waals surface area contributed by atoms with E-state index < -0.39 is 0 Å². The number of hydrogen-bond donors (Lipinski definition) is 2. The van der Waals surface area contributed by atoms with Crippen LogP contribution < -0.4 is 24.7 Å². The Morgan fingerprint density at radius 1 is 0.963 bits per heavy atom. The van der Waals surface area contributed by atoms with Gasteiger partial charge in [-0.15, -0.1) is 0 Å². The minimum atomic E-state index is -0.359. The van der Waals surface area contributed by atoms with E-state index in [1.807, 2.05) is 0 Å². The fraction of sp³-hybridized carbons (Fsp3) is 0.211. The lowest BCUT2D eigenvalue weighted by Gasteiger charge is -2.13. The van der Waals surface area contributed by atoms with Crippen molar-refractivity contribution >= 4 is 22.6 Å². The van der Waals surface area contributed by atoms with Crippen LogP contribution in [0.2, 0.25) is 0 Å². The average molecular weight is 374 g/mol. The number of hydrogen-bond acceptors (Lipinski definition) is 7. The molecule has 1 heterocycles. The molecular weight excluding hydrogens is 354 g/mol. The number of phenols is 1. The maximum Gasteiger partial charge on any atom is 0.304 e. The molecule has 0 atom stereocenters. The molecule has 0 unspecified atom stereocenters. The first-order valence-electron chi connectivity index (χ1n) is 7.95. The molecule has 0 saturated heterocycles. The van der Waals surface area contributed by atoms with Crippen LogP contribution in [0.3, 0.4) is 0 Å². The van der Waals surface area contributed by atoms with Gasteiger partial charge in [-0.3, -0.25) is 10.5 Å². The summed E-state index contributed by atoms with van der Waals surface area (Å²) in [6, 6.07) is 6.28. The van der Waals surface area contributed by atoms with Gasteiger partial charge in [-0.05, 0) is 24.3 Å².